The van der Waals surface area contributed by atoms with Crippen molar-refractivity contribution in [3.63, 3.8) is 0 Å². The second kappa shape index (κ2) is 9.66. The van der Waals surface area contributed by atoms with Crippen LogP contribution in [0, 0.1) is 10.1 Å². The van der Waals surface area contributed by atoms with Crippen molar-refractivity contribution < 1.29 is 14.5 Å². The zero-order valence-electron chi connectivity index (χ0n) is 18.4. The number of hydrogen-bond donors (Lipinski definition) is 2. The first kappa shape index (κ1) is 22.1. The second-order valence-electron chi connectivity index (χ2n) is 8.13. The minimum atomic E-state index is -0.472. The molecule has 2 aromatic heterocycles. The first-order valence-corrected chi connectivity index (χ1v) is 12.0. The molecule has 0 radical (unpaired) electrons. The van der Waals surface area contributed by atoms with Gasteiger partial charge in [0.05, 0.1) is 29.4 Å². The first-order chi connectivity index (χ1) is 16.6. The lowest BCUT2D eigenvalue weighted by molar-refractivity contribution is -0.384. The van der Waals surface area contributed by atoms with Crippen LogP contribution in [-0.2, 0) is 4.74 Å². The number of anilines is 1. The van der Waals surface area contributed by atoms with Gasteiger partial charge in [-0.15, -0.1) is 11.3 Å². The number of rotatable bonds is 7. The predicted molar refractivity (Wildman–Crippen MR) is 133 cm³/mol. The summed E-state index contributed by atoms with van der Waals surface area (Å²) in [6, 6.07) is 16.6. The van der Waals surface area contributed by atoms with Gasteiger partial charge in [-0.1, -0.05) is 24.3 Å². The molecule has 0 bridgehead atoms. The number of ether oxygens (including phenoxy) is 1. The van der Waals surface area contributed by atoms with E-state index in [0.29, 0.717) is 44.1 Å². The zero-order valence-corrected chi connectivity index (χ0v) is 19.2. The number of nitrogens with one attached hydrogen (secondary N) is 2. The molecule has 0 spiro atoms. The molecule has 1 amide bonds. The minimum Gasteiger partial charge on any atom is -0.378 e. The van der Waals surface area contributed by atoms with Crippen LogP contribution < -0.4 is 10.2 Å². The van der Waals surface area contributed by atoms with Crippen LogP contribution in [-0.4, -0.2) is 48.7 Å². The van der Waals surface area contributed by atoms with Crippen LogP contribution in [0.5, 0.6) is 0 Å². The average Bonchev–Trinajstić information content (AvgIpc) is 3.55. The number of nitro benzene ring substituents is 1. The number of para-hydroxylation sites is 1. The number of thiophene rings is 1. The number of nitrogens with zero attached hydrogens (tertiary/aromatic N) is 2. The Morgan fingerprint density at radius 1 is 1.18 bits per heavy atom. The molecule has 0 aliphatic carbocycles. The summed E-state index contributed by atoms with van der Waals surface area (Å²) in [5, 5.41) is 17.6. The van der Waals surface area contributed by atoms with Crippen molar-refractivity contribution in [1.29, 1.82) is 0 Å². The lowest BCUT2D eigenvalue weighted by Crippen LogP contribution is -2.38. The van der Waals surface area contributed by atoms with E-state index < -0.39 is 4.92 Å². The Balaban J connectivity index is 1.45. The van der Waals surface area contributed by atoms with Crippen molar-refractivity contribution in [3.05, 3.63) is 92.3 Å². The SMILES string of the molecule is O=C(NCC(c1cccs1)c1c[nH]c2ccccc12)c1cc([N+](=O)[O-])ccc1N1CCOCC1. The molecule has 9 heteroatoms. The molecule has 2 aromatic carbocycles. The molecule has 8 nitrogen and oxygen atoms in total. The van der Waals surface area contributed by atoms with Crippen LogP contribution in [0.3, 0.4) is 0 Å². The molecule has 1 aliphatic heterocycles. The van der Waals surface area contributed by atoms with E-state index in [-0.39, 0.29) is 17.5 Å². The number of aromatic amines is 1. The third-order valence-corrected chi connectivity index (χ3v) is 7.12. The number of fused-ring (bicyclic) bond motifs is 1. The molecule has 0 saturated carbocycles. The van der Waals surface area contributed by atoms with Gasteiger partial charge < -0.3 is 19.9 Å². The number of non-ortho nitro benzene ring substituents is 1. The van der Waals surface area contributed by atoms with Gasteiger partial charge in [0.15, 0.2) is 0 Å². The van der Waals surface area contributed by atoms with E-state index in [2.05, 4.69) is 22.4 Å². The summed E-state index contributed by atoms with van der Waals surface area (Å²) < 4.78 is 5.43. The maximum Gasteiger partial charge on any atom is 0.270 e. The van der Waals surface area contributed by atoms with Gasteiger partial charge in [-0.3, -0.25) is 14.9 Å². The van der Waals surface area contributed by atoms with E-state index in [4.69, 9.17) is 4.74 Å². The summed E-state index contributed by atoms with van der Waals surface area (Å²) in [7, 11) is 0. The lowest BCUT2D eigenvalue weighted by Gasteiger charge is -2.30. The number of benzene rings is 2. The number of carbonyl (C=O) groups is 1. The minimum absolute atomic E-state index is 0.0503. The van der Waals surface area contributed by atoms with Gasteiger partial charge >= 0.3 is 0 Å². The summed E-state index contributed by atoms with van der Waals surface area (Å²) in [5.41, 5.74) is 3.03. The molecule has 1 fully saturated rings. The molecule has 5 rings (SSSR count). The van der Waals surface area contributed by atoms with Gasteiger partial charge in [0.2, 0.25) is 0 Å². The van der Waals surface area contributed by atoms with Gasteiger partial charge in [-0.25, -0.2) is 0 Å². The molecule has 1 unspecified atom stereocenters. The fourth-order valence-electron chi connectivity index (χ4n) is 4.43. The topological polar surface area (TPSA) is 100 Å². The van der Waals surface area contributed by atoms with Crippen molar-refractivity contribution in [2.45, 2.75) is 5.92 Å². The molecule has 1 aliphatic rings. The molecule has 34 heavy (non-hydrogen) atoms. The van der Waals surface area contributed by atoms with Gasteiger partial charge in [0, 0.05) is 59.7 Å². The molecule has 1 atom stereocenters. The standard InChI is InChI=1S/C25H24N4O4S/c30-25(19-14-17(29(31)32)7-8-23(19)28-9-11-33-12-10-28)27-16-21(24-6-3-13-34-24)20-15-26-22-5-2-1-4-18(20)22/h1-8,13-15,21,26H,9-12,16H2,(H,27,30). The first-order valence-electron chi connectivity index (χ1n) is 11.1. The second-order valence-corrected chi connectivity index (χ2v) is 9.10. The fourth-order valence-corrected chi connectivity index (χ4v) is 5.27. The molecule has 1 saturated heterocycles. The molecule has 3 heterocycles. The zero-order chi connectivity index (χ0) is 23.5. The number of carbonyl (C=O) groups excluding carboxylic acids is 1. The lowest BCUT2D eigenvalue weighted by atomic mass is 9.96. The van der Waals surface area contributed by atoms with Crippen molar-refractivity contribution in [2.24, 2.45) is 0 Å². The van der Waals surface area contributed by atoms with Crippen molar-refractivity contribution in [2.75, 3.05) is 37.7 Å². The van der Waals surface area contributed by atoms with Crippen LogP contribution in [0.25, 0.3) is 10.9 Å². The summed E-state index contributed by atoms with van der Waals surface area (Å²) in [5.74, 6) is -0.378. The fraction of sp³-hybridized carbons (Fsp3) is 0.240. The molecular formula is C25H24N4O4S. The number of amides is 1. The normalized spacial score (nSPS) is 14.8. The highest BCUT2D eigenvalue weighted by Gasteiger charge is 2.24. The van der Waals surface area contributed by atoms with E-state index >= 15 is 0 Å². The third-order valence-electron chi connectivity index (χ3n) is 6.14. The summed E-state index contributed by atoms with van der Waals surface area (Å²) >= 11 is 1.64. The Hall–Kier alpha value is -3.69. The van der Waals surface area contributed by atoms with Crippen molar-refractivity contribution in [1.82, 2.24) is 10.3 Å². The maximum atomic E-state index is 13.4. The van der Waals surface area contributed by atoms with Crippen LogP contribution in [0.1, 0.15) is 26.7 Å². The van der Waals surface area contributed by atoms with Crippen LogP contribution in [0.15, 0.2) is 66.2 Å². The summed E-state index contributed by atoms with van der Waals surface area (Å²) in [6.07, 6.45) is 1.99. The number of hydrogen-bond acceptors (Lipinski definition) is 6. The highest BCUT2D eigenvalue weighted by molar-refractivity contribution is 7.10. The third kappa shape index (κ3) is 4.40. The quantitative estimate of drug-likeness (QED) is 0.301. The molecular weight excluding hydrogens is 452 g/mol. The smallest absolute Gasteiger partial charge is 0.270 e. The Morgan fingerprint density at radius 3 is 2.76 bits per heavy atom. The molecule has 4 aromatic rings. The van der Waals surface area contributed by atoms with Gasteiger partial charge in [0.25, 0.3) is 11.6 Å². The monoisotopic (exact) mass is 476 g/mol. The van der Waals surface area contributed by atoms with Crippen LogP contribution in [0.2, 0.25) is 0 Å². The van der Waals surface area contributed by atoms with Gasteiger partial charge in [0.1, 0.15) is 0 Å². The number of aromatic nitrogens is 1. The van der Waals surface area contributed by atoms with E-state index in [1.807, 2.05) is 40.7 Å². The maximum absolute atomic E-state index is 13.4. The van der Waals surface area contributed by atoms with E-state index in [9.17, 15) is 14.9 Å². The molecule has 174 valence electrons. The van der Waals surface area contributed by atoms with E-state index in [1.54, 1.807) is 17.4 Å². The van der Waals surface area contributed by atoms with Crippen LogP contribution >= 0.6 is 11.3 Å². The van der Waals surface area contributed by atoms with Crippen molar-refractivity contribution >= 4 is 39.5 Å². The van der Waals surface area contributed by atoms with Gasteiger partial charge in [-0.05, 0) is 29.1 Å². The van der Waals surface area contributed by atoms with E-state index in [0.717, 1.165) is 21.3 Å². The largest absolute Gasteiger partial charge is 0.378 e. The predicted octanol–water partition coefficient (Wildman–Crippen LogP) is 4.54. The Morgan fingerprint density at radius 2 is 2.00 bits per heavy atom. The number of H-pyrrole nitrogens is 1. The Kier molecular flexibility index (Phi) is 6.29. The van der Waals surface area contributed by atoms with E-state index in [1.165, 1.54) is 12.1 Å². The van der Waals surface area contributed by atoms with Gasteiger partial charge in [-0.2, -0.15) is 0 Å². The average molecular weight is 477 g/mol. The van der Waals surface area contributed by atoms with Crippen molar-refractivity contribution in [3.8, 4) is 0 Å². The summed E-state index contributed by atoms with van der Waals surface area (Å²) in [4.78, 5) is 30.8. The Bertz CT molecular complexity index is 1310. The summed E-state index contributed by atoms with van der Waals surface area (Å²) in [6.45, 7) is 2.74. The highest BCUT2D eigenvalue weighted by atomic mass is 32.1. The Labute approximate surface area is 200 Å². The number of morpholine rings is 1. The molecule has 2 N–H and O–H groups in total. The number of nitro groups is 1. The van der Waals surface area contributed by atoms with Crippen LogP contribution in [0.4, 0.5) is 11.4 Å². The highest BCUT2D eigenvalue weighted by Crippen LogP contribution is 2.33.